The van der Waals surface area contributed by atoms with E-state index in [0.717, 1.165) is 27.3 Å². The number of aliphatic imine (C=N–C) groups is 1. The first-order valence-corrected chi connectivity index (χ1v) is 16.4. The van der Waals surface area contributed by atoms with Gasteiger partial charge in [-0.15, -0.1) is 0 Å². The van der Waals surface area contributed by atoms with Gasteiger partial charge in [-0.05, 0) is 0 Å². The summed E-state index contributed by atoms with van der Waals surface area (Å²) < 4.78 is 13.1. The topological polar surface area (TPSA) is 43.7 Å². The average molecular weight is 525 g/mol. The molecule has 2 aromatic carbocycles. The molecule has 0 atom stereocenters. The first kappa shape index (κ1) is 24.5. The summed E-state index contributed by atoms with van der Waals surface area (Å²) in [6.45, 7) is 15.5. The first-order chi connectivity index (χ1) is 16.5. The minimum atomic E-state index is -2.45. The summed E-state index contributed by atoms with van der Waals surface area (Å²) in [6.07, 6.45) is 0.703. The summed E-state index contributed by atoms with van der Waals surface area (Å²) in [5.41, 5.74) is 0.944. The van der Waals surface area contributed by atoms with Gasteiger partial charge in [-0.3, -0.25) is 0 Å². The zero-order valence-electron chi connectivity index (χ0n) is 21.4. The number of nitrogens with zero attached hydrogens (tertiary/aromatic N) is 2. The van der Waals surface area contributed by atoms with E-state index < -0.39 is 7.26 Å². The van der Waals surface area contributed by atoms with Gasteiger partial charge in [-0.25, -0.2) is 0 Å². The fraction of sp³-hybridized carbons (Fsp3) is 0.357. The van der Waals surface area contributed by atoms with E-state index >= 15 is 0 Å². The molecule has 4 bridgehead atoms. The third-order valence-corrected chi connectivity index (χ3v) is 13.3. The molecule has 3 aromatic rings. The van der Waals surface area contributed by atoms with Crippen molar-refractivity contribution in [2.75, 3.05) is 13.0 Å². The molecule has 35 heavy (non-hydrogen) atoms. The number of hydrogen-bond donors (Lipinski definition) is 0. The molecule has 0 saturated carbocycles. The molecule has 3 heterocycles. The molecule has 0 amide bonds. The number of para-hydroxylation sites is 1. The Kier molecular flexibility index (Phi) is 6.14. The number of ether oxygens (including phenoxy) is 2. The van der Waals surface area contributed by atoms with Crippen LogP contribution in [0, 0.1) is 0 Å². The number of benzene rings is 2. The van der Waals surface area contributed by atoms with E-state index in [1.807, 2.05) is 18.4 Å². The molecule has 2 aliphatic heterocycles. The van der Waals surface area contributed by atoms with Crippen molar-refractivity contribution in [3.05, 3.63) is 69.6 Å². The molecule has 0 saturated heterocycles. The second-order valence-electron chi connectivity index (χ2n) is 11.1. The average Bonchev–Trinajstić information content (AvgIpc) is 3.26. The molecule has 4 nitrogen and oxygen atoms in total. The van der Waals surface area contributed by atoms with Crippen LogP contribution in [0.4, 0.5) is 0 Å². The first-order valence-electron chi connectivity index (χ1n) is 11.9. The van der Waals surface area contributed by atoms with Gasteiger partial charge < -0.3 is 0 Å². The molecule has 5 rings (SSSR count). The van der Waals surface area contributed by atoms with Crippen LogP contribution in [-0.4, -0.2) is 23.0 Å². The maximum atomic E-state index is 6.60. The molecule has 0 radical (unpaired) electrons. The molecular formula is C28H33N2O2PS2. The second kappa shape index (κ2) is 8.76. The Bertz CT molecular complexity index is 1350. The monoisotopic (exact) mass is 524 g/mol. The summed E-state index contributed by atoms with van der Waals surface area (Å²) in [5.74, 6) is 3.30. The van der Waals surface area contributed by atoms with Gasteiger partial charge in [0.1, 0.15) is 0 Å². The van der Waals surface area contributed by atoms with Crippen LogP contribution >= 0.6 is 30.4 Å². The number of rotatable bonds is 0. The Labute approximate surface area is 217 Å². The van der Waals surface area contributed by atoms with Crippen LogP contribution in [0.1, 0.15) is 52.1 Å². The van der Waals surface area contributed by atoms with Gasteiger partial charge in [0.15, 0.2) is 0 Å². The molecule has 2 aliphatic rings. The number of thioether (sulfide) groups is 1. The summed E-state index contributed by atoms with van der Waals surface area (Å²) in [7, 11) is -2.45. The van der Waals surface area contributed by atoms with Crippen LogP contribution < -0.4 is 20.1 Å². The van der Waals surface area contributed by atoms with Crippen LogP contribution in [0.15, 0.2) is 64.0 Å². The van der Waals surface area contributed by atoms with Crippen LogP contribution in [0.2, 0.25) is 0 Å². The molecular weight excluding hydrogens is 491 g/mol. The van der Waals surface area contributed by atoms with Gasteiger partial charge >= 0.3 is 218 Å². The normalized spacial score (nSPS) is 22.5. The summed E-state index contributed by atoms with van der Waals surface area (Å²) in [4.78, 5) is 10.2. The standard InChI is InChI=1S/C28H33N2O2PS2/c1-18-15-34-25-28(5,6)26-30-24(16-35-26)32-20-10-8-9-11-22(20)33(7,17-29-25)23-13-12-19(27(2,3)4)14-21(23)31-18/h8-16,33H,17H2,1-7H3/b18-15+,29-25+. The zero-order chi connectivity index (χ0) is 25.0. The van der Waals surface area contributed by atoms with Gasteiger partial charge in [0.05, 0.1) is 0 Å². The van der Waals surface area contributed by atoms with E-state index in [-0.39, 0.29) is 10.8 Å². The molecule has 0 N–H and O–H groups in total. The Balaban J connectivity index is 1.82. The van der Waals surface area contributed by atoms with Crippen molar-refractivity contribution in [1.29, 1.82) is 0 Å². The van der Waals surface area contributed by atoms with Crippen LogP contribution in [0.5, 0.6) is 17.4 Å². The van der Waals surface area contributed by atoms with Gasteiger partial charge in [0.25, 0.3) is 0 Å². The fourth-order valence-electron chi connectivity index (χ4n) is 4.60. The van der Waals surface area contributed by atoms with Crippen molar-refractivity contribution in [2.24, 2.45) is 4.99 Å². The van der Waals surface area contributed by atoms with Crippen molar-refractivity contribution >= 4 is 46.0 Å². The third kappa shape index (κ3) is 4.45. The number of hydrogen-bond acceptors (Lipinski definition) is 6. The predicted molar refractivity (Wildman–Crippen MR) is 155 cm³/mol. The van der Waals surface area contributed by atoms with E-state index in [1.54, 1.807) is 23.1 Å². The van der Waals surface area contributed by atoms with E-state index in [9.17, 15) is 0 Å². The van der Waals surface area contributed by atoms with E-state index in [1.165, 1.54) is 16.2 Å². The summed E-state index contributed by atoms with van der Waals surface area (Å²) in [5, 5.41) is 8.58. The number of thiazole rings is 1. The number of allylic oxidation sites excluding steroid dienone is 1. The van der Waals surface area contributed by atoms with E-state index in [2.05, 4.69) is 83.1 Å². The molecule has 184 valence electrons. The fourth-order valence-corrected chi connectivity index (χ4v) is 9.85. The quantitative estimate of drug-likeness (QED) is 0.292. The van der Waals surface area contributed by atoms with E-state index in [0.29, 0.717) is 12.2 Å². The van der Waals surface area contributed by atoms with Crippen LogP contribution in [0.25, 0.3) is 0 Å². The molecule has 7 heteroatoms. The van der Waals surface area contributed by atoms with Crippen molar-refractivity contribution in [3.63, 3.8) is 0 Å². The van der Waals surface area contributed by atoms with Crippen molar-refractivity contribution in [1.82, 2.24) is 4.98 Å². The predicted octanol–water partition coefficient (Wildman–Crippen LogP) is 7.20. The molecule has 0 spiro atoms. The van der Waals surface area contributed by atoms with Crippen molar-refractivity contribution in [2.45, 2.75) is 52.4 Å². The van der Waals surface area contributed by atoms with Crippen LogP contribution in [-0.2, 0) is 10.8 Å². The van der Waals surface area contributed by atoms with Crippen molar-refractivity contribution < 1.29 is 9.47 Å². The molecule has 0 unspecified atom stereocenters. The Morgan fingerprint density at radius 3 is 2.51 bits per heavy atom. The van der Waals surface area contributed by atoms with Gasteiger partial charge in [0.2, 0.25) is 0 Å². The molecule has 1 aromatic heterocycles. The summed E-state index contributed by atoms with van der Waals surface area (Å²) >= 11 is 3.27. The number of aromatic nitrogens is 1. The Hall–Kier alpha value is -2.14. The van der Waals surface area contributed by atoms with Gasteiger partial charge in [-0.1, -0.05) is 0 Å². The SMILES string of the molecule is C/C1=C\S/C2=N/C[PH](C)(c3ccc(C(C)(C)C)cc3O1)c1ccccc1Oc1csc(n1)C2(C)C. The van der Waals surface area contributed by atoms with Gasteiger partial charge in [-0.2, -0.15) is 0 Å². The Morgan fingerprint density at radius 1 is 1.00 bits per heavy atom. The minimum absolute atomic E-state index is 0.0231. The Morgan fingerprint density at radius 2 is 1.74 bits per heavy atom. The summed E-state index contributed by atoms with van der Waals surface area (Å²) in [6, 6.07) is 15.2. The number of fused-ring (bicyclic) bond motifs is 8. The second-order valence-corrected chi connectivity index (χ2v) is 16.9. The third-order valence-electron chi connectivity index (χ3n) is 6.84. The van der Waals surface area contributed by atoms with Crippen LogP contribution in [0.3, 0.4) is 0 Å². The maximum absolute atomic E-state index is 6.60. The van der Waals surface area contributed by atoms with Crippen molar-refractivity contribution in [3.8, 4) is 17.4 Å². The van der Waals surface area contributed by atoms with Gasteiger partial charge in [0, 0.05) is 0 Å². The molecule has 0 aliphatic carbocycles. The molecule has 0 fully saturated rings. The van der Waals surface area contributed by atoms with E-state index in [4.69, 9.17) is 19.5 Å². The zero-order valence-corrected chi connectivity index (χ0v) is 24.1.